The van der Waals surface area contributed by atoms with Crippen molar-refractivity contribution in [3.05, 3.63) is 53.9 Å². The van der Waals surface area contributed by atoms with Crippen LogP contribution < -0.4 is 14.8 Å². The molecule has 0 bridgehead atoms. The Bertz CT molecular complexity index is 1260. The molecular formula is C27H32N4O4. The first-order valence-corrected chi connectivity index (χ1v) is 12.2. The van der Waals surface area contributed by atoms with E-state index in [-0.39, 0.29) is 24.4 Å². The van der Waals surface area contributed by atoms with Crippen LogP contribution in [0.3, 0.4) is 0 Å². The maximum Gasteiger partial charge on any atom is 0.291 e. The number of carbonyl (C=O) groups is 2. The number of methoxy groups -OCH3 is 2. The summed E-state index contributed by atoms with van der Waals surface area (Å²) < 4.78 is 13.0. The third-order valence-corrected chi connectivity index (χ3v) is 7.40. The molecule has 184 valence electrons. The Morgan fingerprint density at radius 1 is 1.09 bits per heavy atom. The Kier molecular flexibility index (Phi) is 6.13. The van der Waals surface area contributed by atoms with Gasteiger partial charge in [-0.15, -0.1) is 0 Å². The molecule has 1 aromatic heterocycles. The number of nitrogens with zero attached hydrogens (tertiary/aromatic N) is 3. The standard InChI is InChI=1S/C27H32N4O4/c1-27(26(33)28-19-11-5-4-6-12-19)17-30-21-14-8-7-13-20(21)29-24(30)25(32)31(27)16-18-10-9-15-22(34-2)23(18)35-3/h7-10,13-15,19H,4-6,11-12,16-17H2,1-3H3,(H,28,33). The van der Waals surface area contributed by atoms with Crippen LogP contribution in [0, 0.1) is 0 Å². The van der Waals surface area contributed by atoms with Gasteiger partial charge >= 0.3 is 0 Å². The molecule has 1 fully saturated rings. The van der Waals surface area contributed by atoms with Gasteiger partial charge in [0.25, 0.3) is 5.91 Å². The lowest BCUT2D eigenvalue weighted by atomic mass is 9.91. The molecule has 0 saturated heterocycles. The first-order chi connectivity index (χ1) is 17.0. The molecule has 1 aliphatic carbocycles. The van der Waals surface area contributed by atoms with Crippen LogP contribution in [0.2, 0.25) is 0 Å². The van der Waals surface area contributed by atoms with Crippen molar-refractivity contribution in [2.75, 3.05) is 14.2 Å². The zero-order valence-corrected chi connectivity index (χ0v) is 20.5. The van der Waals surface area contributed by atoms with Gasteiger partial charge in [-0.1, -0.05) is 43.5 Å². The summed E-state index contributed by atoms with van der Waals surface area (Å²) >= 11 is 0. The molecule has 2 aromatic carbocycles. The molecule has 35 heavy (non-hydrogen) atoms. The molecule has 1 unspecified atom stereocenters. The number of para-hydroxylation sites is 3. The Labute approximate surface area is 205 Å². The summed E-state index contributed by atoms with van der Waals surface area (Å²) in [5.74, 6) is 1.06. The lowest BCUT2D eigenvalue weighted by Gasteiger charge is -2.44. The van der Waals surface area contributed by atoms with E-state index >= 15 is 0 Å². The number of imidazole rings is 1. The van der Waals surface area contributed by atoms with E-state index in [1.54, 1.807) is 19.1 Å². The number of nitrogens with one attached hydrogen (secondary N) is 1. The monoisotopic (exact) mass is 476 g/mol. The number of amides is 2. The smallest absolute Gasteiger partial charge is 0.291 e. The topological polar surface area (TPSA) is 85.7 Å². The van der Waals surface area contributed by atoms with Crippen molar-refractivity contribution in [2.45, 2.75) is 63.7 Å². The molecule has 1 saturated carbocycles. The molecule has 2 amide bonds. The second-order valence-electron chi connectivity index (χ2n) is 9.64. The summed E-state index contributed by atoms with van der Waals surface area (Å²) in [6.45, 7) is 2.36. The average molecular weight is 477 g/mol. The van der Waals surface area contributed by atoms with Crippen LogP contribution in [0.4, 0.5) is 0 Å². The van der Waals surface area contributed by atoms with E-state index in [1.165, 1.54) is 6.42 Å². The van der Waals surface area contributed by atoms with Crippen molar-refractivity contribution in [2.24, 2.45) is 0 Å². The number of ether oxygens (including phenoxy) is 2. The molecule has 1 aliphatic heterocycles. The first-order valence-electron chi connectivity index (χ1n) is 12.2. The number of hydrogen-bond acceptors (Lipinski definition) is 5. The van der Waals surface area contributed by atoms with Crippen LogP contribution in [-0.2, 0) is 17.9 Å². The van der Waals surface area contributed by atoms with Gasteiger partial charge in [0, 0.05) is 11.6 Å². The molecule has 0 radical (unpaired) electrons. The minimum Gasteiger partial charge on any atom is -0.493 e. The molecule has 8 heteroatoms. The van der Waals surface area contributed by atoms with Crippen molar-refractivity contribution in [1.29, 1.82) is 0 Å². The van der Waals surface area contributed by atoms with Gasteiger partial charge in [0.05, 0.1) is 38.3 Å². The largest absolute Gasteiger partial charge is 0.493 e. The second kappa shape index (κ2) is 9.24. The maximum absolute atomic E-state index is 13.9. The molecule has 2 heterocycles. The van der Waals surface area contributed by atoms with E-state index in [0.29, 0.717) is 23.9 Å². The highest BCUT2D eigenvalue weighted by molar-refractivity contribution is 6.01. The predicted molar refractivity (Wildman–Crippen MR) is 133 cm³/mol. The van der Waals surface area contributed by atoms with Crippen molar-refractivity contribution in [3.63, 3.8) is 0 Å². The molecule has 0 spiro atoms. The van der Waals surface area contributed by atoms with Crippen LogP contribution in [0.5, 0.6) is 11.5 Å². The molecule has 3 aromatic rings. The van der Waals surface area contributed by atoms with E-state index in [1.807, 2.05) is 54.0 Å². The maximum atomic E-state index is 13.9. The molecule has 5 rings (SSSR count). The van der Waals surface area contributed by atoms with Crippen LogP contribution in [0.15, 0.2) is 42.5 Å². The lowest BCUT2D eigenvalue weighted by Crippen LogP contribution is -2.64. The molecular weight excluding hydrogens is 444 g/mol. The van der Waals surface area contributed by atoms with Crippen molar-refractivity contribution in [3.8, 4) is 11.5 Å². The summed E-state index contributed by atoms with van der Waals surface area (Å²) in [4.78, 5) is 34.1. The number of hydrogen-bond donors (Lipinski definition) is 1. The minimum atomic E-state index is -1.11. The van der Waals surface area contributed by atoms with Gasteiger partial charge in [0.1, 0.15) is 5.54 Å². The Morgan fingerprint density at radius 2 is 1.86 bits per heavy atom. The Morgan fingerprint density at radius 3 is 2.60 bits per heavy atom. The van der Waals surface area contributed by atoms with Gasteiger partial charge in [-0.25, -0.2) is 4.98 Å². The van der Waals surface area contributed by atoms with Gasteiger partial charge in [-0.2, -0.15) is 0 Å². The predicted octanol–water partition coefficient (Wildman–Crippen LogP) is 3.92. The van der Waals surface area contributed by atoms with E-state index in [4.69, 9.17) is 9.47 Å². The number of rotatable bonds is 6. The summed E-state index contributed by atoms with van der Waals surface area (Å²) in [5, 5.41) is 3.27. The van der Waals surface area contributed by atoms with Crippen molar-refractivity contribution >= 4 is 22.8 Å². The fourth-order valence-electron chi connectivity index (χ4n) is 5.41. The summed E-state index contributed by atoms with van der Waals surface area (Å²) in [6, 6.07) is 13.4. The highest BCUT2D eigenvalue weighted by Crippen LogP contribution is 2.36. The summed E-state index contributed by atoms with van der Waals surface area (Å²) in [7, 11) is 3.16. The fourth-order valence-corrected chi connectivity index (χ4v) is 5.41. The fraction of sp³-hybridized carbons (Fsp3) is 0.444. The number of aromatic nitrogens is 2. The number of fused-ring (bicyclic) bond motifs is 3. The molecule has 8 nitrogen and oxygen atoms in total. The molecule has 2 aliphatic rings. The normalized spacial score (nSPS) is 20.5. The third kappa shape index (κ3) is 4.00. The van der Waals surface area contributed by atoms with Crippen LogP contribution >= 0.6 is 0 Å². The highest BCUT2D eigenvalue weighted by atomic mass is 16.5. The van der Waals surface area contributed by atoms with Crippen LogP contribution in [0.1, 0.15) is 55.2 Å². The molecule has 1 N–H and O–H groups in total. The Hall–Kier alpha value is -3.55. The summed E-state index contributed by atoms with van der Waals surface area (Å²) in [6.07, 6.45) is 5.37. The van der Waals surface area contributed by atoms with Crippen molar-refractivity contribution < 1.29 is 19.1 Å². The molecule has 1 atom stereocenters. The van der Waals surface area contributed by atoms with Gasteiger partial charge in [0.15, 0.2) is 17.3 Å². The second-order valence-corrected chi connectivity index (χ2v) is 9.64. The van der Waals surface area contributed by atoms with Crippen LogP contribution in [-0.4, -0.2) is 52.1 Å². The zero-order chi connectivity index (χ0) is 24.6. The van der Waals surface area contributed by atoms with Gasteiger partial charge in [-0.3, -0.25) is 9.59 Å². The quantitative estimate of drug-likeness (QED) is 0.583. The van der Waals surface area contributed by atoms with Gasteiger partial charge < -0.3 is 24.3 Å². The SMILES string of the molecule is COc1cccc(CN2C(=O)c3nc4ccccc4n3CC2(C)C(=O)NC2CCCCC2)c1OC. The van der Waals surface area contributed by atoms with E-state index < -0.39 is 5.54 Å². The highest BCUT2D eigenvalue weighted by Gasteiger charge is 2.49. The van der Waals surface area contributed by atoms with Crippen molar-refractivity contribution in [1.82, 2.24) is 19.8 Å². The zero-order valence-electron chi connectivity index (χ0n) is 20.5. The summed E-state index contributed by atoms with van der Waals surface area (Å²) in [5.41, 5.74) is 1.25. The lowest BCUT2D eigenvalue weighted by molar-refractivity contribution is -0.134. The van der Waals surface area contributed by atoms with Crippen LogP contribution in [0.25, 0.3) is 11.0 Å². The average Bonchev–Trinajstić information content (AvgIpc) is 3.25. The van der Waals surface area contributed by atoms with E-state index in [0.717, 1.165) is 42.3 Å². The third-order valence-electron chi connectivity index (χ3n) is 7.40. The minimum absolute atomic E-state index is 0.136. The van der Waals surface area contributed by atoms with E-state index in [9.17, 15) is 9.59 Å². The number of carbonyl (C=O) groups excluding carboxylic acids is 2. The first kappa shape index (κ1) is 23.2. The van der Waals surface area contributed by atoms with E-state index in [2.05, 4.69) is 10.3 Å². The number of benzene rings is 2. The van der Waals surface area contributed by atoms with Gasteiger partial charge in [-0.05, 0) is 38.0 Å². The van der Waals surface area contributed by atoms with Gasteiger partial charge in [0.2, 0.25) is 5.91 Å². The Balaban J connectivity index is 1.58.